The highest BCUT2D eigenvalue weighted by Crippen LogP contribution is 2.77. The molecular formula is C42H60N4O2. The summed E-state index contributed by atoms with van der Waals surface area (Å²) in [7, 11) is 0. The van der Waals surface area contributed by atoms with E-state index in [1.54, 1.807) is 6.20 Å². The monoisotopic (exact) mass is 652 g/mol. The van der Waals surface area contributed by atoms with Gasteiger partial charge in [0.2, 0.25) is 5.91 Å². The standard InChI is InChI=1S/C42H60N4O2/c1-26(2)28-14-19-42(37(48)46-23-9-11-31(46)36-44-25-30(45-36)27-10-8-22-43-24-27)21-20-40(6)29(35(28)42)12-13-33-39(5)17-16-34(47)38(3,4)32(39)15-18-41(33,40)7/h8,10,22,24-25,28-29,31-35,47H,1,9,11-21,23H2,2-7H3,(H,44,45)/t28-,29+,31?,32-,33+,34-,35+,39-,40+,41+,42-/m0/s1. The van der Waals surface area contributed by atoms with Crippen LogP contribution in [0, 0.1) is 56.7 Å². The van der Waals surface area contributed by atoms with E-state index in [4.69, 9.17) is 4.98 Å². The first kappa shape index (κ1) is 32.7. The Bertz CT molecular complexity index is 1580. The first-order chi connectivity index (χ1) is 22.8. The zero-order valence-corrected chi connectivity index (χ0v) is 30.5. The maximum Gasteiger partial charge on any atom is 0.229 e. The average Bonchev–Trinajstić information content (AvgIpc) is 3.82. The third-order valence-electron chi connectivity index (χ3n) is 16.9. The van der Waals surface area contributed by atoms with Crippen molar-refractivity contribution in [1.29, 1.82) is 0 Å². The number of aliphatic hydroxyl groups is 1. The van der Waals surface area contributed by atoms with Crippen molar-refractivity contribution in [3.05, 3.63) is 48.7 Å². The Morgan fingerprint density at radius 3 is 2.50 bits per heavy atom. The second-order valence-corrected chi connectivity index (χ2v) is 18.8. The fourth-order valence-electron chi connectivity index (χ4n) is 14.3. The number of aromatic nitrogens is 3. The molecule has 2 aromatic heterocycles. The number of aromatic amines is 1. The second kappa shape index (κ2) is 11.0. The van der Waals surface area contributed by atoms with Gasteiger partial charge < -0.3 is 15.0 Å². The number of carbonyl (C=O) groups excluding carboxylic acids is 1. The van der Waals surface area contributed by atoms with Crippen LogP contribution in [0.4, 0.5) is 0 Å². The highest BCUT2D eigenvalue weighted by molar-refractivity contribution is 5.84. The summed E-state index contributed by atoms with van der Waals surface area (Å²) >= 11 is 0. The zero-order valence-electron chi connectivity index (χ0n) is 30.5. The van der Waals surface area contributed by atoms with Crippen LogP contribution in [0.25, 0.3) is 11.3 Å². The van der Waals surface area contributed by atoms with Gasteiger partial charge in [-0.25, -0.2) is 4.98 Å². The number of hydrogen-bond acceptors (Lipinski definition) is 4. The number of imidazole rings is 1. The van der Waals surface area contributed by atoms with E-state index in [0.29, 0.717) is 35.5 Å². The molecule has 5 saturated carbocycles. The Labute approximate surface area is 289 Å². The van der Waals surface area contributed by atoms with Crippen LogP contribution < -0.4 is 0 Å². The van der Waals surface area contributed by atoms with Crippen molar-refractivity contribution >= 4 is 5.91 Å². The fraction of sp³-hybridized carbons (Fsp3) is 0.738. The summed E-state index contributed by atoms with van der Waals surface area (Å²) in [5.41, 5.74) is 3.64. The van der Waals surface area contributed by atoms with Gasteiger partial charge in [0.15, 0.2) is 0 Å². The van der Waals surface area contributed by atoms with E-state index >= 15 is 4.79 Å². The van der Waals surface area contributed by atoms with Crippen molar-refractivity contribution in [1.82, 2.24) is 19.9 Å². The van der Waals surface area contributed by atoms with Crippen molar-refractivity contribution in [2.24, 2.45) is 56.7 Å². The predicted octanol–water partition coefficient (Wildman–Crippen LogP) is 9.15. The van der Waals surface area contributed by atoms with Gasteiger partial charge in [0, 0.05) is 24.5 Å². The van der Waals surface area contributed by atoms with E-state index in [9.17, 15) is 5.11 Å². The Morgan fingerprint density at radius 1 is 0.938 bits per heavy atom. The van der Waals surface area contributed by atoms with Crippen LogP contribution in [0.1, 0.15) is 130 Å². The number of pyridine rings is 1. The fourth-order valence-corrected chi connectivity index (χ4v) is 14.3. The first-order valence-corrected chi connectivity index (χ1v) is 19.4. The number of likely N-dealkylation sites (tertiary alicyclic amines) is 1. The Hall–Kier alpha value is -2.47. The molecule has 1 unspecified atom stereocenters. The summed E-state index contributed by atoms with van der Waals surface area (Å²) in [6.45, 7) is 20.3. The molecule has 0 spiro atoms. The number of aliphatic hydroxyl groups excluding tert-OH is 1. The van der Waals surface area contributed by atoms with Crippen LogP contribution in [0.2, 0.25) is 0 Å². The van der Waals surface area contributed by atoms with Gasteiger partial charge in [0.25, 0.3) is 0 Å². The van der Waals surface area contributed by atoms with E-state index in [0.717, 1.165) is 75.0 Å². The molecule has 2 aromatic rings. The summed E-state index contributed by atoms with van der Waals surface area (Å²) in [5, 5.41) is 11.1. The van der Waals surface area contributed by atoms with Crippen LogP contribution in [0.3, 0.4) is 0 Å². The van der Waals surface area contributed by atoms with Gasteiger partial charge in [-0.15, -0.1) is 0 Å². The van der Waals surface area contributed by atoms with Gasteiger partial charge in [-0.2, -0.15) is 0 Å². The third kappa shape index (κ3) is 4.29. The molecule has 8 rings (SSSR count). The minimum absolute atomic E-state index is 0.00335. The Kier molecular flexibility index (Phi) is 7.51. The van der Waals surface area contributed by atoms with Crippen LogP contribution >= 0.6 is 0 Å². The molecule has 5 aliphatic carbocycles. The highest BCUT2D eigenvalue weighted by Gasteiger charge is 2.72. The average molecular weight is 653 g/mol. The van der Waals surface area contributed by atoms with E-state index in [2.05, 4.69) is 69.1 Å². The van der Waals surface area contributed by atoms with Gasteiger partial charge in [-0.1, -0.05) is 46.8 Å². The predicted molar refractivity (Wildman–Crippen MR) is 190 cm³/mol. The number of nitrogens with zero attached hydrogens (tertiary/aromatic N) is 3. The topological polar surface area (TPSA) is 82.1 Å². The van der Waals surface area contributed by atoms with Gasteiger partial charge in [0.05, 0.1) is 29.5 Å². The molecule has 6 nitrogen and oxygen atoms in total. The van der Waals surface area contributed by atoms with Gasteiger partial charge >= 0.3 is 0 Å². The van der Waals surface area contributed by atoms with Crippen molar-refractivity contribution < 1.29 is 9.90 Å². The Balaban J connectivity index is 1.12. The summed E-state index contributed by atoms with van der Waals surface area (Å²) in [4.78, 5) is 30.3. The maximum atomic E-state index is 15.3. The molecule has 1 saturated heterocycles. The van der Waals surface area contributed by atoms with E-state index in [1.807, 2.05) is 18.5 Å². The lowest BCUT2D eigenvalue weighted by atomic mass is 9.32. The molecule has 11 atom stereocenters. The molecule has 0 radical (unpaired) electrons. The molecule has 6 fully saturated rings. The lowest BCUT2D eigenvalue weighted by Crippen LogP contribution is -2.67. The highest BCUT2D eigenvalue weighted by atomic mass is 16.3. The SMILES string of the molecule is C=C(C)[C@@H]1CC[C@]2(C(=O)N3CCCC3c3ncc(-c4cccnc4)[nH]3)CC[C@]3(C)[C@H](CC[C@@H]4[C@@]5(C)CC[C@H](O)C(C)(C)[C@@H]5CC[C@]43C)[C@@H]12. The molecule has 3 heterocycles. The first-order valence-electron chi connectivity index (χ1n) is 19.4. The molecule has 0 bridgehead atoms. The van der Waals surface area contributed by atoms with Crippen molar-refractivity contribution in [3.63, 3.8) is 0 Å². The van der Waals surface area contributed by atoms with E-state index in [-0.39, 0.29) is 39.2 Å². The van der Waals surface area contributed by atoms with E-state index < -0.39 is 0 Å². The quantitative estimate of drug-likeness (QED) is 0.323. The number of fused-ring (bicyclic) bond motifs is 7. The molecular weight excluding hydrogens is 592 g/mol. The number of hydrogen-bond donors (Lipinski definition) is 2. The molecule has 0 aromatic carbocycles. The van der Waals surface area contributed by atoms with Crippen LogP contribution in [-0.2, 0) is 4.79 Å². The van der Waals surface area contributed by atoms with Gasteiger partial charge in [0.1, 0.15) is 5.82 Å². The number of nitrogens with one attached hydrogen (secondary N) is 1. The van der Waals surface area contributed by atoms with Gasteiger partial charge in [-0.05, 0) is 147 Å². The van der Waals surface area contributed by atoms with Crippen molar-refractivity contribution in [3.8, 4) is 11.3 Å². The van der Waals surface area contributed by atoms with Crippen molar-refractivity contribution in [2.45, 2.75) is 131 Å². The minimum Gasteiger partial charge on any atom is -0.393 e. The molecule has 6 aliphatic rings. The van der Waals surface area contributed by atoms with Crippen molar-refractivity contribution in [2.75, 3.05) is 6.54 Å². The number of amides is 1. The second-order valence-electron chi connectivity index (χ2n) is 18.8. The van der Waals surface area contributed by atoms with Crippen LogP contribution in [0.15, 0.2) is 42.9 Å². The molecule has 2 N–H and O–H groups in total. The number of allylic oxidation sites excluding steroid dienone is 1. The largest absolute Gasteiger partial charge is 0.393 e. The smallest absolute Gasteiger partial charge is 0.229 e. The summed E-state index contributed by atoms with van der Waals surface area (Å²) in [6.07, 6.45) is 18.6. The summed E-state index contributed by atoms with van der Waals surface area (Å²) in [5.74, 6) is 3.87. The lowest BCUT2D eigenvalue weighted by molar-refractivity contribution is -0.247. The minimum atomic E-state index is -0.309. The number of carbonyl (C=O) groups is 1. The molecule has 260 valence electrons. The summed E-state index contributed by atoms with van der Waals surface area (Å²) < 4.78 is 0. The third-order valence-corrected chi connectivity index (χ3v) is 16.9. The number of rotatable bonds is 4. The van der Waals surface area contributed by atoms with E-state index in [1.165, 1.54) is 31.3 Å². The van der Waals surface area contributed by atoms with Crippen LogP contribution in [0.5, 0.6) is 0 Å². The van der Waals surface area contributed by atoms with Gasteiger partial charge in [-0.3, -0.25) is 9.78 Å². The number of H-pyrrole nitrogens is 1. The zero-order chi connectivity index (χ0) is 33.9. The summed E-state index contributed by atoms with van der Waals surface area (Å²) in [6, 6.07) is 4.01. The molecule has 1 amide bonds. The Morgan fingerprint density at radius 2 is 1.75 bits per heavy atom. The van der Waals surface area contributed by atoms with Crippen LogP contribution in [-0.4, -0.2) is 43.5 Å². The molecule has 1 aliphatic heterocycles. The normalized spacial score (nSPS) is 44.7. The maximum absolute atomic E-state index is 15.3. The molecule has 6 heteroatoms. The lowest BCUT2D eigenvalue weighted by Gasteiger charge is -2.73. The molecule has 48 heavy (non-hydrogen) atoms.